The first-order chi connectivity index (χ1) is 38.2. The predicted molar refractivity (Wildman–Crippen MR) is 302 cm³/mol. The summed E-state index contributed by atoms with van der Waals surface area (Å²) in [5.74, 6) is -19.7. The number of carboxylic acid groups (broad SMARTS) is 4. The molecule has 0 aliphatic rings. The molecular formula is C60H108O24Ti. The minimum Gasteiger partial charge on any atom is -0.544 e. The van der Waals surface area contributed by atoms with Gasteiger partial charge in [0, 0.05) is 0 Å². The largest absolute Gasteiger partial charge is 4.00 e. The fourth-order valence-electron chi connectivity index (χ4n) is 7.55. The number of hydrogen-bond donors (Lipinski definition) is 0. The fourth-order valence-corrected chi connectivity index (χ4v) is 7.55. The molecule has 0 spiro atoms. The van der Waals surface area contributed by atoms with Crippen molar-refractivity contribution < 1.29 is 137 Å². The maximum Gasteiger partial charge on any atom is 4.00 e. The van der Waals surface area contributed by atoms with Crippen molar-refractivity contribution in [3.63, 3.8) is 0 Å². The Morgan fingerprint density at radius 3 is 0.412 bits per heavy atom. The normalized spacial score (nSPS) is 13.8. The van der Waals surface area contributed by atoms with Gasteiger partial charge in [-0.1, -0.05) is 27.7 Å². The molecule has 0 saturated heterocycles. The molecule has 496 valence electrons. The van der Waals surface area contributed by atoms with Crippen molar-refractivity contribution in [1.29, 1.82) is 0 Å². The summed E-state index contributed by atoms with van der Waals surface area (Å²) in [4.78, 5) is 97.0. The second-order valence-electron chi connectivity index (χ2n) is 22.7. The maximum absolute atomic E-state index is 12.6. The molecule has 0 amide bonds. The molecule has 24 nitrogen and oxygen atoms in total. The Balaban J connectivity index is -0.000000333. The van der Waals surface area contributed by atoms with E-state index in [0.717, 1.165) is 0 Å². The Kier molecular flexibility index (Phi) is 46.3. The number of carboxylic acids is 4. The molecule has 25 heteroatoms. The predicted octanol–water partition coefficient (Wildman–Crippen LogP) is 4.22. The fraction of sp³-hybridized carbons (Fsp3) is 0.867. The summed E-state index contributed by atoms with van der Waals surface area (Å²) in [5.41, 5.74) is 0. The molecule has 0 saturated carbocycles. The maximum atomic E-state index is 12.6. The number of hydrogen-bond acceptors (Lipinski definition) is 24. The molecule has 0 aromatic heterocycles. The van der Waals surface area contributed by atoms with E-state index in [-0.39, 0.29) is 46.1 Å². The molecule has 0 bridgehead atoms. The second kappa shape index (κ2) is 43.5. The number of ketones is 4. The van der Waals surface area contributed by atoms with E-state index >= 15 is 0 Å². The zero-order valence-corrected chi connectivity index (χ0v) is 57.9. The Bertz CT molecular complexity index is 1630. The van der Waals surface area contributed by atoms with Crippen LogP contribution < -0.4 is 20.4 Å². The Morgan fingerprint density at radius 2 is 0.353 bits per heavy atom. The number of rotatable bonds is 40. The van der Waals surface area contributed by atoms with Gasteiger partial charge >= 0.3 is 21.7 Å². The van der Waals surface area contributed by atoms with Gasteiger partial charge < -0.3 is 96.4 Å². The molecule has 85 heavy (non-hydrogen) atoms. The van der Waals surface area contributed by atoms with Crippen molar-refractivity contribution in [2.75, 3.05) is 0 Å². The van der Waals surface area contributed by atoms with Crippen molar-refractivity contribution >= 4 is 47.0 Å². The van der Waals surface area contributed by atoms with Crippen molar-refractivity contribution in [1.82, 2.24) is 0 Å². The van der Waals surface area contributed by atoms with Gasteiger partial charge in [-0.3, -0.25) is 19.2 Å². The van der Waals surface area contributed by atoms with E-state index < -0.39 is 143 Å². The summed E-state index contributed by atoms with van der Waals surface area (Å²) in [5, 5.41) is 46.4. The summed E-state index contributed by atoms with van der Waals surface area (Å²) < 4.78 is 64.5. The average molecular weight is 1260 g/mol. The van der Waals surface area contributed by atoms with Crippen molar-refractivity contribution in [2.24, 2.45) is 0 Å². The van der Waals surface area contributed by atoms with Crippen LogP contribution in [0.25, 0.3) is 0 Å². The third-order valence-electron chi connectivity index (χ3n) is 9.98. The van der Waals surface area contributed by atoms with E-state index in [1.165, 1.54) is 0 Å². The molecule has 4 atom stereocenters. The monoisotopic (exact) mass is 1260 g/mol. The number of carbonyl (C=O) groups is 8. The van der Waals surface area contributed by atoms with Crippen LogP contribution in [0.4, 0.5) is 0 Å². The van der Waals surface area contributed by atoms with Gasteiger partial charge in [0.25, 0.3) is 23.1 Å². The van der Waals surface area contributed by atoms with Crippen molar-refractivity contribution in [3.05, 3.63) is 0 Å². The standard InChI is InChI=1S/4C15H28O6.Ti/c4*1-8-12(19-9(2)3)13(16)15(14(17)18,20-10(4)5)21-11(6)7;/h4*9-12H,8H2,1-7H3,(H,17,18);/q;;;;+4/p-4. The van der Waals surface area contributed by atoms with Gasteiger partial charge in [0.05, 0.1) is 73.2 Å². The molecular weight excluding hydrogens is 1150 g/mol. The first-order valence-corrected chi connectivity index (χ1v) is 29.3. The van der Waals surface area contributed by atoms with Gasteiger partial charge in [0.15, 0.2) is 0 Å². The molecule has 0 heterocycles. The van der Waals surface area contributed by atoms with E-state index in [9.17, 15) is 58.8 Å². The number of aliphatic carboxylic acids is 4. The minimum atomic E-state index is -2.45. The van der Waals surface area contributed by atoms with Gasteiger partial charge in [-0.05, 0) is 192 Å². The second-order valence-corrected chi connectivity index (χ2v) is 22.7. The van der Waals surface area contributed by atoms with Crippen LogP contribution in [0.3, 0.4) is 0 Å². The van der Waals surface area contributed by atoms with Crippen LogP contribution in [0.1, 0.15) is 220 Å². The van der Waals surface area contributed by atoms with E-state index in [4.69, 9.17) is 56.8 Å². The molecule has 0 aromatic carbocycles. The van der Waals surface area contributed by atoms with Crippen LogP contribution >= 0.6 is 0 Å². The number of carbonyl (C=O) groups excluding carboxylic acids is 8. The van der Waals surface area contributed by atoms with Crippen LogP contribution in [0, 0.1) is 0 Å². The van der Waals surface area contributed by atoms with Gasteiger partial charge in [0.1, 0.15) is 48.3 Å². The van der Waals surface area contributed by atoms with Crippen molar-refractivity contribution in [3.8, 4) is 0 Å². The quantitative estimate of drug-likeness (QED) is 0.0471. The van der Waals surface area contributed by atoms with Crippen LogP contribution in [-0.2, 0) is 117 Å². The molecule has 0 fully saturated rings. The number of ether oxygens (including phenoxy) is 12. The zero-order valence-electron chi connectivity index (χ0n) is 56.4. The van der Waals surface area contributed by atoms with Crippen LogP contribution in [0.15, 0.2) is 0 Å². The van der Waals surface area contributed by atoms with E-state index in [1.807, 2.05) is 0 Å². The minimum absolute atomic E-state index is 0. The van der Waals surface area contributed by atoms with Crippen molar-refractivity contribution in [2.45, 2.75) is 340 Å². The Hall–Kier alpha value is -3.21. The van der Waals surface area contributed by atoms with Crippen LogP contribution in [-0.4, -0.2) is 168 Å². The summed E-state index contributed by atoms with van der Waals surface area (Å²) in [6, 6.07) is 0. The average Bonchev–Trinajstić information content (AvgIpc) is 3.32. The van der Waals surface area contributed by atoms with Gasteiger partial charge in [-0.25, -0.2) is 0 Å². The first-order valence-electron chi connectivity index (χ1n) is 29.3. The van der Waals surface area contributed by atoms with Gasteiger partial charge in [-0.2, -0.15) is 0 Å². The number of Topliss-reactive ketones (excluding diaryl/α,β-unsaturated/α-hetero) is 4. The molecule has 0 aromatic rings. The summed E-state index contributed by atoms with van der Waals surface area (Å²) >= 11 is 0. The van der Waals surface area contributed by atoms with E-state index in [0.29, 0.717) is 25.7 Å². The molecule has 0 radical (unpaired) electrons. The third-order valence-corrected chi connectivity index (χ3v) is 9.98. The Labute approximate surface area is 522 Å². The van der Waals surface area contributed by atoms with Crippen LogP contribution in [0.5, 0.6) is 0 Å². The first kappa shape index (κ1) is 90.5. The van der Waals surface area contributed by atoms with Gasteiger partial charge in [0.2, 0.25) is 23.1 Å². The third kappa shape index (κ3) is 32.2. The summed E-state index contributed by atoms with van der Waals surface area (Å²) in [6.07, 6.45) is -7.57. The smallest absolute Gasteiger partial charge is 0.544 e. The molecule has 0 aliphatic carbocycles. The van der Waals surface area contributed by atoms with Crippen LogP contribution in [0.2, 0.25) is 0 Å². The van der Waals surface area contributed by atoms with Gasteiger partial charge in [-0.15, -0.1) is 0 Å². The Morgan fingerprint density at radius 1 is 0.247 bits per heavy atom. The van der Waals surface area contributed by atoms with E-state index in [2.05, 4.69) is 0 Å². The molecule has 0 aliphatic heterocycles. The zero-order chi connectivity index (χ0) is 67.2. The summed E-state index contributed by atoms with van der Waals surface area (Å²) in [6.45, 7) is 47.0. The molecule has 0 N–H and O–H groups in total. The molecule has 4 unspecified atom stereocenters. The van der Waals surface area contributed by atoms with E-state index in [1.54, 1.807) is 194 Å². The SMILES string of the molecule is CCC(OC(C)C)C(=O)C(OC(C)C)(OC(C)C)C(=O)[O-].CCC(OC(C)C)C(=O)C(OC(C)C)(OC(C)C)C(=O)[O-].CCC(OC(C)C)C(=O)C(OC(C)C)(OC(C)C)C(=O)[O-].CCC(OC(C)C)C(=O)C(OC(C)C)(OC(C)C)C(=O)[O-].[Ti+4]. The topological polar surface area (TPSA) is 340 Å². The summed E-state index contributed by atoms with van der Waals surface area (Å²) in [7, 11) is 0. The molecule has 0 rings (SSSR count).